The third kappa shape index (κ3) is 1.30. The summed E-state index contributed by atoms with van der Waals surface area (Å²) in [6.45, 7) is 2.64. The van der Waals surface area contributed by atoms with Crippen LogP contribution in [-0.4, -0.2) is 20.4 Å². The number of primary amides is 1. The lowest BCUT2D eigenvalue weighted by Gasteiger charge is -1.98. The molecule has 0 aromatic carbocycles. The summed E-state index contributed by atoms with van der Waals surface area (Å²) in [5, 5.41) is 0.534. The largest absolute Gasteiger partial charge is 0.383 e. The summed E-state index contributed by atoms with van der Waals surface area (Å²) in [7, 11) is 0. The molecule has 6 heteroatoms. The van der Waals surface area contributed by atoms with Crippen LogP contribution in [0, 0.1) is 0 Å². The van der Waals surface area contributed by atoms with Gasteiger partial charge in [-0.1, -0.05) is 0 Å². The Morgan fingerprint density at radius 3 is 2.87 bits per heavy atom. The lowest BCUT2D eigenvalue weighted by atomic mass is 10.2. The minimum absolute atomic E-state index is 0.279. The maximum Gasteiger partial charge on any atom is 0.251 e. The number of fused-ring (bicyclic) bond motifs is 1. The lowest BCUT2D eigenvalue weighted by Crippen LogP contribution is -2.10. The van der Waals surface area contributed by atoms with Gasteiger partial charge in [-0.3, -0.25) is 4.79 Å². The number of carbonyl (C=O) groups is 1. The van der Waals surface area contributed by atoms with Crippen molar-refractivity contribution in [3.05, 3.63) is 18.1 Å². The third-order valence-electron chi connectivity index (χ3n) is 2.29. The Morgan fingerprint density at radius 2 is 2.27 bits per heavy atom. The first-order chi connectivity index (χ1) is 7.15. The molecule has 0 aliphatic rings. The molecule has 2 aromatic rings. The molecular weight excluding hydrogens is 194 g/mol. The fourth-order valence-corrected chi connectivity index (χ4v) is 1.58. The zero-order valence-corrected chi connectivity index (χ0v) is 8.27. The standard InChI is InChI=1S/C9H11N5O/c1-2-14-3-5(8(11)15)6-7(10)12-4-13-9(6)14/h3-4H,2H2,1H3,(H2,11,15)(H2,10,12,13). The summed E-state index contributed by atoms with van der Waals surface area (Å²) in [6, 6.07) is 0. The van der Waals surface area contributed by atoms with Crippen molar-refractivity contribution in [3.8, 4) is 0 Å². The molecule has 15 heavy (non-hydrogen) atoms. The summed E-state index contributed by atoms with van der Waals surface area (Å²) >= 11 is 0. The van der Waals surface area contributed by atoms with Crippen molar-refractivity contribution in [2.24, 2.45) is 5.73 Å². The smallest absolute Gasteiger partial charge is 0.251 e. The van der Waals surface area contributed by atoms with Crippen molar-refractivity contribution in [1.29, 1.82) is 0 Å². The number of carbonyl (C=O) groups excluding carboxylic acids is 1. The van der Waals surface area contributed by atoms with Gasteiger partial charge < -0.3 is 16.0 Å². The number of aryl methyl sites for hydroxylation is 1. The van der Waals surface area contributed by atoms with Crippen LogP contribution in [0.4, 0.5) is 5.82 Å². The Kier molecular flexibility index (Phi) is 2.03. The zero-order chi connectivity index (χ0) is 11.0. The third-order valence-corrected chi connectivity index (χ3v) is 2.29. The van der Waals surface area contributed by atoms with Crippen molar-refractivity contribution in [2.75, 3.05) is 5.73 Å². The summed E-state index contributed by atoms with van der Waals surface area (Å²) in [5.41, 5.74) is 11.9. The van der Waals surface area contributed by atoms with Gasteiger partial charge in [0.25, 0.3) is 5.91 Å². The highest BCUT2D eigenvalue weighted by Crippen LogP contribution is 2.23. The van der Waals surface area contributed by atoms with Gasteiger partial charge in [-0.15, -0.1) is 0 Å². The summed E-state index contributed by atoms with van der Waals surface area (Å²) in [4.78, 5) is 19.1. The fourth-order valence-electron chi connectivity index (χ4n) is 1.58. The van der Waals surface area contributed by atoms with E-state index < -0.39 is 5.91 Å². The second-order valence-electron chi connectivity index (χ2n) is 3.15. The monoisotopic (exact) mass is 205 g/mol. The number of aromatic nitrogens is 3. The molecule has 0 aliphatic heterocycles. The van der Waals surface area contributed by atoms with E-state index in [9.17, 15) is 4.79 Å². The highest BCUT2D eigenvalue weighted by atomic mass is 16.1. The molecule has 4 N–H and O–H groups in total. The molecule has 1 amide bonds. The van der Waals surface area contributed by atoms with Crippen LogP contribution in [0.25, 0.3) is 11.0 Å². The van der Waals surface area contributed by atoms with E-state index in [0.29, 0.717) is 23.1 Å². The first-order valence-corrected chi connectivity index (χ1v) is 4.54. The summed E-state index contributed by atoms with van der Waals surface area (Å²) in [5.74, 6) is -0.241. The van der Waals surface area contributed by atoms with E-state index in [2.05, 4.69) is 9.97 Å². The Hall–Kier alpha value is -2.11. The summed E-state index contributed by atoms with van der Waals surface area (Å²) < 4.78 is 1.81. The van der Waals surface area contributed by atoms with Gasteiger partial charge >= 0.3 is 0 Å². The minimum Gasteiger partial charge on any atom is -0.383 e. The number of nitrogen functional groups attached to an aromatic ring is 1. The van der Waals surface area contributed by atoms with Crippen molar-refractivity contribution in [3.63, 3.8) is 0 Å². The maximum atomic E-state index is 11.2. The quantitative estimate of drug-likeness (QED) is 0.727. The number of hydrogen-bond donors (Lipinski definition) is 2. The van der Waals surface area contributed by atoms with E-state index in [1.54, 1.807) is 6.20 Å². The molecule has 0 radical (unpaired) electrons. The molecule has 0 saturated carbocycles. The van der Waals surface area contributed by atoms with Crippen LogP contribution in [0.2, 0.25) is 0 Å². The molecule has 78 valence electrons. The molecule has 0 unspecified atom stereocenters. The Balaban J connectivity index is 2.88. The van der Waals surface area contributed by atoms with Crippen molar-refractivity contribution in [2.45, 2.75) is 13.5 Å². The van der Waals surface area contributed by atoms with Gasteiger partial charge in [0.05, 0.1) is 10.9 Å². The van der Waals surface area contributed by atoms with Crippen LogP contribution in [0.3, 0.4) is 0 Å². The number of amides is 1. The van der Waals surface area contributed by atoms with Crippen molar-refractivity contribution >= 4 is 22.8 Å². The topological polar surface area (TPSA) is 99.8 Å². The van der Waals surface area contributed by atoms with E-state index >= 15 is 0 Å². The lowest BCUT2D eigenvalue weighted by molar-refractivity contribution is 0.100. The maximum absolute atomic E-state index is 11.2. The zero-order valence-electron chi connectivity index (χ0n) is 8.27. The Labute approximate surface area is 85.9 Å². The second-order valence-corrected chi connectivity index (χ2v) is 3.15. The molecular formula is C9H11N5O. The van der Waals surface area contributed by atoms with Crippen LogP contribution >= 0.6 is 0 Å². The van der Waals surface area contributed by atoms with Gasteiger partial charge in [-0.2, -0.15) is 0 Å². The van der Waals surface area contributed by atoms with E-state index in [4.69, 9.17) is 11.5 Å². The summed E-state index contributed by atoms with van der Waals surface area (Å²) in [6.07, 6.45) is 3.02. The first kappa shape index (κ1) is 9.45. The van der Waals surface area contributed by atoms with Gasteiger partial charge in [0, 0.05) is 12.7 Å². The molecule has 0 spiro atoms. The number of anilines is 1. The van der Waals surface area contributed by atoms with E-state index in [0.717, 1.165) is 0 Å². The molecule has 0 bridgehead atoms. The Bertz CT molecular complexity index is 531. The molecule has 0 fully saturated rings. The van der Waals surface area contributed by atoms with Gasteiger partial charge in [0.2, 0.25) is 0 Å². The number of nitrogens with zero attached hydrogens (tertiary/aromatic N) is 3. The first-order valence-electron chi connectivity index (χ1n) is 4.54. The average molecular weight is 205 g/mol. The van der Waals surface area contributed by atoms with E-state index in [1.165, 1.54) is 6.33 Å². The van der Waals surface area contributed by atoms with Crippen LogP contribution in [0.5, 0.6) is 0 Å². The van der Waals surface area contributed by atoms with Crippen molar-refractivity contribution in [1.82, 2.24) is 14.5 Å². The predicted molar refractivity (Wildman–Crippen MR) is 56.1 cm³/mol. The van der Waals surface area contributed by atoms with E-state index in [1.807, 2.05) is 11.5 Å². The fraction of sp³-hybridized carbons (Fsp3) is 0.222. The van der Waals surface area contributed by atoms with Crippen molar-refractivity contribution < 1.29 is 4.79 Å². The minimum atomic E-state index is -0.520. The van der Waals surface area contributed by atoms with Crippen LogP contribution < -0.4 is 11.5 Å². The van der Waals surface area contributed by atoms with Crippen LogP contribution in [0.1, 0.15) is 17.3 Å². The van der Waals surface area contributed by atoms with Crippen LogP contribution in [-0.2, 0) is 6.54 Å². The SMILES string of the molecule is CCn1cc(C(N)=O)c2c(N)ncnc21. The second kappa shape index (κ2) is 3.23. The van der Waals surface area contributed by atoms with Gasteiger partial charge in [-0.25, -0.2) is 9.97 Å². The normalized spacial score (nSPS) is 10.7. The van der Waals surface area contributed by atoms with E-state index in [-0.39, 0.29) is 5.82 Å². The number of hydrogen-bond acceptors (Lipinski definition) is 4. The molecule has 6 nitrogen and oxygen atoms in total. The van der Waals surface area contributed by atoms with Gasteiger partial charge in [-0.05, 0) is 6.92 Å². The number of nitrogens with two attached hydrogens (primary N) is 2. The van der Waals surface area contributed by atoms with Crippen LogP contribution in [0.15, 0.2) is 12.5 Å². The average Bonchev–Trinajstić information content (AvgIpc) is 2.58. The number of rotatable bonds is 2. The molecule has 2 aromatic heterocycles. The highest BCUT2D eigenvalue weighted by molar-refractivity contribution is 6.08. The molecule has 0 atom stereocenters. The molecule has 0 aliphatic carbocycles. The molecule has 2 rings (SSSR count). The Morgan fingerprint density at radius 1 is 1.53 bits per heavy atom. The van der Waals surface area contributed by atoms with Gasteiger partial charge in [0.15, 0.2) is 0 Å². The molecule has 2 heterocycles. The predicted octanol–water partition coefficient (Wildman–Crippen LogP) is 0.132. The van der Waals surface area contributed by atoms with Gasteiger partial charge in [0.1, 0.15) is 17.8 Å². The molecule has 0 saturated heterocycles. The highest BCUT2D eigenvalue weighted by Gasteiger charge is 2.15.